The summed E-state index contributed by atoms with van der Waals surface area (Å²) in [5.41, 5.74) is 1.49. The van der Waals surface area contributed by atoms with E-state index in [2.05, 4.69) is 6.92 Å². The lowest BCUT2D eigenvalue weighted by molar-refractivity contribution is -0.0262. The van der Waals surface area contributed by atoms with E-state index >= 15 is 0 Å². The van der Waals surface area contributed by atoms with E-state index in [9.17, 15) is 4.57 Å². The largest absolute Gasteiger partial charge is 0.475 e. The second kappa shape index (κ2) is 11.1. The molecular formula is C24H33O4P. The van der Waals surface area contributed by atoms with Gasteiger partial charge < -0.3 is 0 Å². The summed E-state index contributed by atoms with van der Waals surface area (Å²) in [5, 5.41) is 0. The van der Waals surface area contributed by atoms with E-state index in [1.165, 1.54) is 6.42 Å². The smallest absolute Gasteiger partial charge is 0.282 e. The summed E-state index contributed by atoms with van der Waals surface area (Å²) < 4.78 is 31.8. The van der Waals surface area contributed by atoms with Gasteiger partial charge in [-0.2, -0.15) is 0 Å². The number of rotatable bonds is 11. The summed E-state index contributed by atoms with van der Waals surface area (Å²) >= 11 is 0. The van der Waals surface area contributed by atoms with Crippen molar-refractivity contribution < 1.29 is 18.1 Å². The first-order chi connectivity index (χ1) is 14.1. The summed E-state index contributed by atoms with van der Waals surface area (Å²) in [6, 6.07) is 19.5. The summed E-state index contributed by atoms with van der Waals surface area (Å²) in [7, 11) is -3.72. The third kappa shape index (κ3) is 7.08. The van der Waals surface area contributed by atoms with Crippen LogP contribution in [0.4, 0.5) is 0 Å². The molecule has 1 fully saturated rings. The summed E-state index contributed by atoms with van der Waals surface area (Å²) in [6.45, 7) is 2.58. The average molecular weight is 416 g/mol. The fraction of sp³-hybridized carbons (Fsp3) is 0.500. The Bertz CT molecular complexity index is 709. The van der Waals surface area contributed by atoms with Gasteiger partial charge in [0, 0.05) is 0 Å². The van der Waals surface area contributed by atoms with Crippen LogP contribution >= 0.6 is 7.82 Å². The highest BCUT2D eigenvalue weighted by molar-refractivity contribution is 7.48. The molecule has 0 spiro atoms. The van der Waals surface area contributed by atoms with Crippen LogP contribution in [-0.2, 0) is 31.4 Å². The van der Waals surface area contributed by atoms with Crippen molar-refractivity contribution in [2.75, 3.05) is 0 Å². The molecule has 3 rings (SSSR count). The predicted molar refractivity (Wildman–Crippen MR) is 116 cm³/mol. The van der Waals surface area contributed by atoms with E-state index in [0.717, 1.165) is 56.1 Å². The number of hydrogen-bond donors (Lipinski definition) is 0. The lowest BCUT2D eigenvalue weighted by Crippen LogP contribution is -2.34. The molecule has 2 aromatic carbocycles. The Balaban J connectivity index is 1.75. The van der Waals surface area contributed by atoms with E-state index in [-0.39, 0.29) is 13.2 Å². The van der Waals surface area contributed by atoms with Gasteiger partial charge in [0.25, 0.3) is 0 Å². The molecule has 0 aromatic heterocycles. The fourth-order valence-electron chi connectivity index (χ4n) is 3.86. The molecule has 0 N–H and O–H groups in total. The van der Waals surface area contributed by atoms with E-state index < -0.39 is 13.4 Å². The molecule has 1 aliphatic carbocycles. The summed E-state index contributed by atoms with van der Waals surface area (Å²) in [4.78, 5) is 0. The Morgan fingerprint density at radius 3 is 1.83 bits per heavy atom. The Morgan fingerprint density at radius 1 is 0.828 bits per heavy atom. The molecule has 2 aromatic rings. The van der Waals surface area contributed by atoms with Crippen LogP contribution in [0.5, 0.6) is 0 Å². The molecule has 0 saturated heterocycles. The SMILES string of the molecule is CCCCC1(OP(=O)(OCc2ccccc2)OCc2ccccc2)CCCCC1. The Morgan fingerprint density at radius 2 is 1.34 bits per heavy atom. The van der Waals surface area contributed by atoms with Crippen LogP contribution in [0.25, 0.3) is 0 Å². The molecule has 29 heavy (non-hydrogen) atoms. The molecule has 158 valence electrons. The average Bonchev–Trinajstić information content (AvgIpc) is 2.77. The van der Waals surface area contributed by atoms with Gasteiger partial charge in [-0.3, -0.25) is 13.6 Å². The second-order valence-electron chi connectivity index (χ2n) is 7.90. The topological polar surface area (TPSA) is 44.8 Å². The van der Waals surface area contributed by atoms with Crippen LogP contribution in [0.3, 0.4) is 0 Å². The van der Waals surface area contributed by atoms with Crippen LogP contribution < -0.4 is 0 Å². The first-order valence-electron chi connectivity index (χ1n) is 10.8. The summed E-state index contributed by atoms with van der Waals surface area (Å²) in [6.07, 6.45) is 8.28. The second-order valence-corrected chi connectivity index (χ2v) is 9.50. The number of benzene rings is 2. The zero-order valence-corrected chi connectivity index (χ0v) is 18.3. The molecule has 5 heteroatoms. The Kier molecular flexibility index (Phi) is 8.50. The predicted octanol–water partition coefficient (Wildman–Crippen LogP) is 7.44. The van der Waals surface area contributed by atoms with Crippen molar-refractivity contribution in [3.63, 3.8) is 0 Å². The highest BCUT2D eigenvalue weighted by atomic mass is 31.2. The molecule has 0 bridgehead atoms. The first-order valence-corrected chi connectivity index (χ1v) is 12.3. The van der Waals surface area contributed by atoms with Gasteiger partial charge >= 0.3 is 7.82 Å². The van der Waals surface area contributed by atoms with Gasteiger partial charge in [-0.15, -0.1) is 0 Å². The van der Waals surface area contributed by atoms with Crippen molar-refractivity contribution in [2.24, 2.45) is 0 Å². The van der Waals surface area contributed by atoms with E-state index in [1.807, 2.05) is 60.7 Å². The summed E-state index contributed by atoms with van der Waals surface area (Å²) in [5.74, 6) is 0. The highest BCUT2D eigenvalue weighted by Crippen LogP contribution is 2.57. The number of phosphoric ester groups is 1. The van der Waals surface area contributed by atoms with Crippen molar-refractivity contribution in [1.29, 1.82) is 0 Å². The third-order valence-electron chi connectivity index (χ3n) is 5.52. The van der Waals surface area contributed by atoms with Gasteiger partial charge in [-0.05, 0) is 30.4 Å². The molecule has 0 aliphatic heterocycles. The molecule has 0 radical (unpaired) electrons. The lowest BCUT2D eigenvalue weighted by Gasteiger charge is -2.39. The molecule has 1 saturated carbocycles. The van der Waals surface area contributed by atoms with E-state index in [1.54, 1.807) is 0 Å². The minimum absolute atomic E-state index is 0.205. The maximum absolute atomic E-state index is 13.7. The van der Waals surface area contributed by atoms with Crippen LogP contribution in [0.15, 0.2) is 60.7 Å². The van der Waals surface area contributed by atoms with Gasteiger partial charge in [-0.1, -0.05) is 99.7 Å². The molecular weight excluding hydrogens is 383 g/mol. The fourth-order valence-corrected chi connectivity index (χ4v) is 5.41. The van der Waals surface area contributed by atoms with Gasteiger partial charge in [0.2, 0.25) is 0 Å². The maximum atomic E-state index is 13.7. The normalized spacial score (nSPS) is 16.6. The van der Waals surface area contributed by atoms with Crippen molar-refractivity contribution in [1.82, 2.24) is 0 Å². The molecule has 1 aliphatic rings. The molecule has 0 heterocycles. The monoisotopic (exact) mass is 416 g/mol. The third-order valence-corrected chi connectivity index (χ3v) is 7.02. The standard InChI is InChI=1S/C24H33O4P/c1-2-3-17-24(18-11-6-12-19-24)28-29(25,26-20-22-13-7-4-8-14-22)27-21-23-15-9-5-10-16-23/h4-5,7-10,13-16H,2-3,6,11-12,17-21H2,1H3. The van der Waals surface area contributed by atoms with Crippen LogP contribution in [0.1, 0.15) is 69.4 Å². The van der Waals surface area contributed by atoms with Crippen LogP contribution in [-0.4, -0.2) is 5.60 Å². The lowest BCUT2D eigenvalue weighted by atomic mass is 9.81. The zero-order valence-electron chi connectivity index (χ0n) is 17.4. The van der Waals surface area contributed by atoms with Crippen molar-refractivity contribution in [3.8, 4) is 0 Å². The molecule has 0 amide bonds. The van der Waals surface area contributed by atoms with Crippen LogP contribution in [0.2, 0.25) is 0 Å². The van der Waals surface area contributed by atoms with E-state index in [0.29, 0.717) is 0 Å². The van der Waals surface area contributed by atoms with E-state index in [4.69, 9.17) is 13.6 Å². The number of phosphoric acid groups is 1. The molecule has 0 unspecified atom stereocenters. The molecule has 0 atom stereocenters. The van der Waals surface area contributed by atoms with Crippen molar-refractivity contribution >= 4 is 7.82 Å². The minimum Gasteiger partial charge on any atom is -0.282 e. The quantitative estimate of drug-likeness (QED) is 0.357. The highest BCUT2D eigenvalue weighted by Gasteiger charge is 2.42. The Hall–Kier alpha value is -1.45. The number of unbranched alkanes of at least 4 members (excludes halogenated alkanes) is 1. The van der Waals surface area contributed by atoms with Gasteiger partial charge in [0.1, 0.15) is 0 Å². The van der Waals surface area contributed by atoms with Crippen LogP contribution in [0, 0.1) is 0 Å². The van der Waals surface area contributed by atoms with Gasteiger partial charge in [-0.25, -0.2) is 4.57 Å². The minimum atomic E-state index is -3.72. The zero-order chi connectivity index (χ0) is 20.4. The van der Waals surface area contributed by atoms with Crippen molar-refractivity contribution in [3.05, 3.63) is 71.8 Å². The van der Waals surface area contributed by atoms with Crippen molar-refractivity contribution in [2.45, 2.75) is 77.1 Å². The van der Waals surface area contributed by atoms with Gasteiger partial charge in [0.05, 0.1) is 18.8 Å². The first kappa shape index (κ1) is 22.2. The molecule has 4 nitrogen and oxygen atoms in total. The maximum Gasteiger partial charge on any atom is 0.475 e. The van der Waals surface area contributed by atoms with Gasteiger partial charge in [0.15, 0.2) is 0 Å². The number of hydrogen-bond acceptors (Lipinski definition) is 4. The Labute approximate surface area is 175 Å².